The van der Waals surface area contributed by atoms with Gasteiger partial charge in [-0.2, -0.15) is 0 Å². The van der Waals surface area contributed by atoms with E-state index in [9.17, 15) is 8.42 Å². The summed E-state index contributed by atoms with van der Waals surface area (Å²) in [6.07, 6.45) is 0.821. The van der Waals surface area contributed by atoms with Crippen LogP contribution in [0, 0.1) is 0 Å². The van der Waals surface area contributed by atoms with Gasteiger partial charge in [0.1, 0.15) is 5.75 Å². The highest BCUT2D eigenvalue weighted by Crippen LogP contribution is 2.29. The first kappa shape index (κ1) is 18.0. The Kier molecular flexibility index (Phi) is 5.87. The molecular weight excluding hydrogens is 376 g/mol. The van der Waals surface area contributed by atoms with Gasteiger partial charge in [-0.25, -0.2) is 8.42 Å². The number of benzene rings is 2. The molecule has 0 heterocycles. The lowest BCUT2D eigenvalue weighted by molar-refractivity contribution is 0.290. The van der Waals surface area contributed by atoms with Crippen molar-refractivity contribution in [1.82, 2.24) is 0 Å². The van der Waals surface area contributed by atoms with E-state index in [-0.39, 0.29) is 15.8 Å². The predicted octanol–water partition coefficient (Wildman–Crippen LogP) is 5.15. The Hall–Kier alpha value is -1.33. The minimum absolute atomic E-state index is 0.0772. The SMILES string of the molecule is CCC(Br)Oc1ccc(S(=O)(=O)c2ccccc2C(C)C)cc1. The van der Waals surface area contributed by atoms with E-state index in [1.54, 1.807) is 36.4 Å². The van der Waals surface area contributed by atoms with E-state index >= 15 is 0 Å². The molecule has 0 radical (unpaired) electrons. The van der Waals surface area contributed by atoms with E-state index in [1.165, 1.54) is 0 Å². The number of sulfone groups is 1. The molecule has 23 heavy (non-hydrogen) atoms. The third kappa shape index (κ3) is 4.15. The summed E-state index contributed by atoms with van der Waals surface area (Å²) in [4.78, 5) is 0.649. The Balaban J connectivity index is 2.37. The number of rotatable bonds is 6. The highest BCUT2D eigenvalue weighted by atomic mass is 79.9. The zero-order valence-corrected chi connectivity index (χ0v) is 15.9. The molecule has 0 saturated carbocycles. The first-order valence-electron chi connectivity index (χ1n) is 7.61. The summed E-state index contributed by atoms with van der Waals surface area (Å²) in [6.45, 7) is 5.99. The highest BCUT2D eigenvalue weighted by molar-refractivity contribution is 9.09. The van der Waals surface area contributed by atoms with Crippen LogP contribution in [0.1, 0.15) is 38.7 Å². The minimum Gasteiger partial charge on any atom is -0.479 e. The fourth-order valence-corrected chi connectivity index (χ4v) is 4.09. The molecule has 2 aromatic carbocycles. The van der Waals surface area contributed by atoms with Crippen LogP contribution >= 0.6 is 15.9 Å². The quantitative estimate of drug-likeness (QED) is 0.633. The van der Waals surface area contributed by atoms with Gasteiger partial charge in [-0.1, -0.05) is 39.0 Å². The highest BCUT2D eigenvalue weighted by Gasteiger charge is 2.22. The van der Waals surface area contributed by atoms with Crippen LogP contribution in [0.25, 0.3) is 0 Å². The van der Waals surface area contributed by atoms with Gasteiger partial charge in [0, 0.05) is 0 Å². The number of alkyl halides is 1. The average molecular weight is 397 g/mol. The number of hydrogen-bond acceptors (Lipinski definition) is 3. The van der Waals surface area contributed by atoms with Crippen molar-refractivity contribution in [2.24, 2.45) is 0 Å². The van der Waals surface area contributed by atoms with Gasteiger partial charge in [0.2, 0.25) is 9.84 Å². The lowest BCUT2D eigenvalue weighted by atomic mass is 10.0. The maximum atomic E-state index is 12.9. The van der Waals surface area contributed by atoms with Crippen molar-refractivity contribution in [2.45, 2.75) is 47.9 Å². The second kappa shape index (κ2) is 7.49. The van der Waals surface area contributed by atoms with E-state index < -0.39 is 9.84 Å². The van der Waals surface area contributed by atoms with Crippen LogP contribution < -0.4 is 4.74 Å². The Morgan fingerprint density at radius 1 is 1.04 bits per heavy atom. The summed E-state index contributed by atoms with van der Waals surface area (Å²) in [5, 5.41) is -0.0772. The molecular formula is C18H21BrO3S. The number of hydrogen-bond donors (Lipinski definition) is 0. The lowest BCUT2D eigenvalue weighted by Gasteiger charge is -2.14. The first-order chi connectivity index (χ1) is 10.9. The third-order valence-electron chi connectivity index (χ3n) is 3.55. The molecule has 5 heteroatoms. The standard InChI is InChI=1S/C18H21BrO3S/c1-4-18(19)22-14-9-11-15(12-10-14)23(20,21)17-8-6-5-7-16(17)13(2)3/h5-13,18H,4H2,1-3H3. The summed E-state index contributed by atoms with van der Waals surface area (Å²) in [5.74, 6) is 0.784. The van der Waals surface area contributed by atoms with Gasteiger partial charge >= 0.3 is 0 Å². The van der Waals surface area contributed by atoms with E-state index in [4.69, 9.17) is 4.74 Å². The van der Waals surface area contributed by atoms with Gasteiger partial charge in [0.25, 0.3) is 0 Å². The molecule has 0 spiro atoms. The molecule has 0 aromatic heterocycles. The van der Waals surface area contributed by atoms with Crippen molar-refractivity contribution in [2.75, 3.05) is 0 Å². The normalized spacial score (nSPS) is 13.1. The smallest absolute Gasteiger partial charge is 0.206 e. The van der Waals surface area contributed by atoms with Crippen LogP contribution in [0.15, 0.2) is 58.3 Å². The average Bonchev–Trinajstić information content (AvgIpc) is 2.55. The zero-order chi connectivity index (χ0) is 17.0. The third-order valence-corrected chi connectivity index (χ3v) is 6.23. The summed E-state index contributed by atoms with van der Waals surface area (Å²) in [7, 11) is -3.53. The summed E-state index contributed by atoms with van der Waals surface area (Å²) in [5.41, 5.74) is 0.833. The Bertz CT molecular complexity index is 752. The molecule has 0 aliphatic heterocycles. The Labute approximate surface area is 146 Å². The molecule has 3 nitrogen and oxygen atoms in total. The van der Waals surface area contributed by atoms with E-state index in [0.717, 1.165) is 12.0 Å². The second-order valence-electron chi connectivity index (χ2n) is 5.60. The number of halogens is 1. The van der Waals surface area contributed by atoms with Crippen LogP contribution in [0.4, 0.5) is 0 Å². The summed E-state index contributed by atoms with van der Waals surface area (Å²) in [6, 6.07) is 13.7. The predicted molar refractivity (Wildman–Crippen MR) is 96.1 cm³/mol. The molecule has 0 saturated heterocycles. The van der Waals surface area contributed by atoms with Crippen molar-refractivity contribution in [3.63, 3.8) is 0 Å². The van der Waals surface area contributed by atoms with E-state index in [2.05, 4.69) is 15.9 Å². The molecule has 0 N–H and O–H groups in total. The van der Waals surface area contributed by atoms with Gasteiger partial charge in [-0.15, -0.1) is 0 Å². The van der Waals surface area contributed by atoms with Crippen LogP contribution in [0.5, 0.6) is 5.75 Å². The maximum absolute atomic E-state index is 12.9. The van der Waals surface area contributed by atoms with Crippen molar-refractivity contribution in [3.8, 4) is 5.75 Å². The summed E-state index contributed by atoms with van der Waals surface area (Å²) >= 11 is 3.39. The van der Waals surface area contributed by atoms with Gasteiger partial charge in [0.05, 0.1) is 9.79 Å². The van der Waals surface area contributed by atoms with Crippen LogP contribution in [0.3, 0.4) is 0 Å². The molecule has 0 amide bonds. The van der Waals surface area contributed by atoms with Crippen molar-refractivity contribution in [3.05, 3.63) is 54.1 Å². The molecule has 1 atom stereocenters. The molecule has 1 unspecified atom stereocenters. The zero-order valence-electron chi connectivity index (χ0n) is 13.5. The molecule has 0 aliphatic carbocycles. The molecule has 124 valence electrons. The second-order valence-corrected chi connectivity index (χ2v) is 8.54. The molecule has 2 rings (SSSR count). The fraction of sp³-hybridized carbons (Fsp3) is 0.333. The van der Waals surface area contributed by atoms with Gasteiger partial charge in [-0.3, -0.25) is 0 Å². The van der Waals surface area contributed by atoms with Crippen molar-refractivity contribution < 1.29 is 13.2 Å². The Morgan fingerprint density at radius 2 is 1.65 bits per heavy atom. The minimum atomic E-state index is -3.53. The van der Waals surface area contributed by atoms with Crippen LogP contribution in [0.2, 0.25) is 0 Å². The Morgan fingerprint density at radius 3 is 2.22 bits per heavy atom. The molecule has 0 bridgehead atoms. The topological polar surface area (TPSA) is 43.4 Å². The van der Waals surface area contributed by atoms with Crippen LogP contribution in [-0.4, -0.2) is 13.4 Å². The first-order valence-corrected chi connectivity index (χ1v) is 10.0. The van der Waals surface area contributed by atoms with E-state index in [1.807, 2.05) is 32.9 Å². The molecule has 2 aromatic rings. The van der Waals surface area contributed by atoms with Gasteiger partial charge < -0.3 is 4.74 Å². The van der Waals surface area contributed by atoms with E-state index in [0.29, 0.717) is 10.6 Å². The van der Waals surface area contributed by atoms with Gasteiger partial charge in [-0.05, 0) is 64.2 Å². The van der Waals surface area contributed by atoms with Crippen LogP contribution in [-0.2, 0) is 9.84 Å². The summed E-state index contributed by atoms with van der Waals surface area (Å²) < 4.78 is 31.4. The maximum Gasteiger partial charge on any atom is 0.206 e. The van der Waals surface area contributed by atoms with Crippen molar-refractivity contribution in [1.29, 1.82) is 0 Å². The largest absolute Gasteiger partial charge is 0.479 e. The molecule has 0 aliphatic rings. The lowest BCUT2D eigenvalue weighted by Crippen LogP contribution is -2.08. The monoisotopic (exact) mass is 396 g/mol. The fourth-order valence-electron chi connectivity index (χ4n) is 2.26. The number of ether oxygens (including phenoxy) is 1. The molecule has 0 fully saturated rings. The van der Waals surface area contributed by atoms with Crippen molar-refractivity contribution >= 4 is 25.8 Å². The van der Waals surface area contributed by atoms with Gasteiger partial charge in [0.15, 0.2) is 5.01 Å².